The van der Waals surface area contributed by atoms with Crippen LogP contribution in [0.15, 0.2) is 60.8 Å². The maximum atomic E-state index is 12.9. The third-order valence-electron chi connectivity index (χ3n) is 12.2. The molecule has 0 saturated carbocycles. The number of phosphoric ester groups is 1. The van der Waals surface area contributed by atoms with E-state index in [2.05, 4.69) is 67.8 Å². The van der Waals surface area contributed by atoms with Gasteiger partial charge in [-0.2, -0.15) is 0 Å². The highest BCUT2D eigenvalue weighted by molar-refractivity contribution is 7.45. The smallest absolute Gasteiger partial charge is 0.268 e. The molecule has 3 atom stereocenters. The fourth-order valence-corrected chi connectivity index (χ4v) is 8.61. The maximum absolute atomic E-state index is 12.9. The topological polar surface area (TPSA) is 108 Å². The van der Waals surface area contributed by atoms with Gasteiger partial charge in [-0.15, -0.1) is 0 Å². The third-order valence-corrected chi connectivity index (χ3v) is 13.2. The fraction of sp³-hybridized carbons (Fsp3) is 0.807. The van der Waals surface area contributed by atoms with Crippen molar-refractivity contribution in [3.05, 3.63) is 60.8 Å². The van der Waals surface area contributed by atoms with Crippen molar-refractivity contribution in [1.82, 2.24) is 5.32 Å². The van der Waals surface area contributed by atoms with E-state index < -0.39 is 26.6 Å². The van der Waals surface area contributed by atoms with Gasteiger partial charge in [0.15, 0.2) is 0 Å². The molecule has 0 heterocycles. The van der Waals surface area contributed by atoms with E-state index in [0.29, 0.717) is 17.4 Å². The first-order valence-electron chi connectivity index (χ1n) is 27.7. The summed E-state index contributed by atoms with van der Waals surface area (Å²) >= 11 is 0. The monoisotopic (exact) mass is 947 g/mol. The SMILES string of the molecule is CC/C=C\C/C=C\C/C=C\CCCCCCCC(=O)NC(COP(=O)([O-])OCC[N+](C)(C)C)C(O)/C=C/CC/C=C/CCCCCCCCCCCCCCCCCCCCCCCCC. The van der Waals surface area contributed by atoms with Crippen LogP contribution in [0.1, 0.15) is 245 Å². The van der Waals surface area contributed by atoms with Gasteiger partial charge in [0.1, 0.15) is 13.2 Å². The number of hydrogen-bond donors (Lipinski definition) is 2. The molecular formula is C57H107N2O6P. The number of phosphoric acid groups is 1. The van der Waals surface area contributed by atoms with Crippen molar-refractivity contribution in [1.29, 1.82) is 0 Å². The quantitative estimate of drug-likeness (QED) is 0.0272. The molecule has 1 amide bonds. The molecule has 0 aromatic rings. The van der Waals surface area contributed by atoms with E-state index in [1.807, 2.05) is 27.2 Å². The predicted molar refractivity (Wildman–Crippen MR) is 284 cm³/mol. The summed E-state index contributed by atoms with van der Waals surface area (Å²) in [4.78, 5) is 25.4. The molecule has 9 heteroatoms. The molecule has 0 aliphatic heterocycles. The molecular weight excluding hydrogens is 840 g/mol. The van der Waals surface area contributed by atoms with Crippen molar-refractivity contribution in [2.75, 3.05) is 40.9 Å². The van der Waals surface area contributed by atoms with Crippen LogP contribution in [-0.4, -0.2) is 68.5 Å². The first-order chi connectivity index (χ1) is 32.0. The average molecular weight is 947 g/mol. The average Bonchev–Trinajstić information content (AvgIpc) is 3.28. The highest BCUT2D eigenvalue weighted by atomic mass is 31.2. The number of aliphatic hydroxyl groups excluding tert-OH is 1. The Bertz CT molecular complexity index is 1260. The van der Waals surface area contributed by atoms with E-state index in [0.717, 1.165) is 77.0 Å². The molecule has 2 N–H and O–H groups in total. The van der Waals surface area contributed by atoms with Gasteiger partial charge in [0, 0.05) is 6.42 Å². The Morgan fingerprint density at radius 3 is 1.41 bits per heavy atom. The number of aliphatic hydroxyl groups is 1. The molecule has 8 nitrogen and oxygen atoms in total. The van der Waals surface area contributed by atoms with Crippen LogP contribution in [0.25, 0.3) is 0 Å². The molecule has 66 heavy (non-hydrogen) atoms. The molecule has 0 aromatic heterocycles. The van der Waals surface area contributed by atoms with Gasteiger partial charge in [-0.25, -0.2) is 0 Å². The van der Waals surface area contributed by atoms with Gasteiger partial charge in [-0.05, 0) is 64.2 Å². The second kappa shape index (κ2) is 48.2. The number of amides is 1. The van der Waals surface area contributed by atoms with E-state index in [1.54, 1.807) is 6.08 Å². The van der Waals surface area contributed by atoms with E-state index in [9.17, 15) is 19.4 Å². The zero-order chi connectivity index (χ0) is 48.5. The zero-order valence-corrected chi connectivity index (χ0v) is 44.8. The lowest BCUT2D eigenvalue weighted by atomic mass is 10.0. The number of nitrogens with zero attached hydrogens (tertiary/aromatic N) is 1. The molecule has 0 fully saturated rings. The number of allylic oxidation sites excluding steroid dienone is 9. The summed E-state index contributed by atoms with van der Waals surface area (Å²) in [6.45, 7) is 4.51. The lowest BCUT2D eigenvalue weighted by molar-refractivity contribution is -0.870. The summed E-state index contributed by atoms with van der Waals surface area (Å²) in [5.74, 6) is -0.225. The van der Waals surface area contributed by atoms with Gasteiger partial charge in [0.2, 0.25) is 5.91 Å². The Balaban J connectivity index is 4.22. The molecule has 0 spiro atoms. The molecule has 0 rings (SSSR count). The number of carbonyl (C=O) groups is 1. The molecule has 0 aromatic carbocycles. The Morgan fingerprint density at radius 1 is 0.545 bits per heavy atom. The summed E-state index contributed by atoms with van der Waals surface area (Å²) in [5, 5.41) is 13.8. The second-order valence-electron chi connectivity index (χ2n) is 19.9. The minimum absolute atomic E-state index is 0.0121. The molecule has 0 radical (unpaired) electrons. The van der Waals surface area contributed by atoms with Crippen LogP contribution in [0.4, 0.5) is 0 Å². The summed E-state index contributed by atoms with van der Waals surface area (Å²) < 4.78 is 23.3. The Hall–Kier alpha value is -1.80. The predicted octanol–water partition coefficient (Wildman–Crippen LogP) is 15.9. The zero-order valence-electron chi connectivity index (χ0n) is 43.9. The van der Waals surface area contributed by atoms with Crippen molar-refractivity contribution in [2.24, 2.45) is 0 Å². The summed E-state index contributed by atoms with van der Waals surface area (Å²) in [7, 11) is 1.23. The first-order valence-corrected chi connectivity index (χ1v) is 29.1. The third kappa shape index (κ3) is 50.1. The van der Waals surface area contributed by atoms with Crippen molar-refractivity contribution in [3.8, 4) is 0 Å². The molecule has 0 bridgehead atoms. The van der Waals surface area contributed by atoms with Crippen LogP contribution in [-0.2, 0) is 18.4 Å². The van der Waals surface area contributed by atoms with E-state index >= 15 is 0 Å². The molecule has 386 valence electrons. The van der Waals surface area contributed by atoms with Crippen molar-refractivity contribution in [2.45, 2.75) is 257 Å². The highest BCUT2D eigenvalue weighted by Crippen LogP contribution is 2.38. The number of rotatable bonds is 50. The Kier molecular flexibility index (Phi) is 46.9. The van der Waals surface area contributed by atoms with Crippen molar-refractivity contribution in [3.63, 3.8) is 0 Å². The van der Waals surface area contributed by atoms with Gasteiger partial charge in [-0.3, -0.25) is 9.36 Å². The molecule has 0 aliphatic rings. The van der Waals surface area contributed by atoms with Gasteiger partial charge < -0.3 is 28.8 Å². The fourth-order valence-electron chi connectivity index (χ4n) is 7.89. The normalized spacial score (nSPS) is 14.5. The number of nitrogens with one attached hydrogen (secondary N) is 1. The lowest BCUT2D eigenvalue weighted by Gasteiger charge is -2.29. The molecule has 0 saturated heterocycles. The van der Waals surface area contributed by atoms with Crippen LogP contribution in [0.2, 0.25) is 0 Å². The van der Waals surface area contributed by atoms with Crippen LogP contribution in [0.5, 0.6) is 0 Å². The van der Waals surface area contributed by atoms with Crippen LogP contribution in [0, 0.1) is 0 Å². The number of carbonyl (C=O) groups excluding carboxylic acids is 1. The van der Waals surface area contributed by atoms with Gasteiger partial charge >= 0.3 is 0 Å². The van der Waals surface area contributed by atoms with E-state index in [4.69, 9.17) is 9.05 Å². The summed E-state index contributed by atoms with van der Waals surface area (Å²) in [6, 6.07) is -0.915. The number of unbranched alkanes of at least 4 members (excludes halogenated alkanes) is 29. The van der Waals surface area contributed by atoms with Crippen molar-refractivity contribution < 1.29 is 32.9 Å². The minimum atomic E-state index is -4.61. The van der Waals surface area contributed by atoms with Crippen molar-refractivity contribution >= 4 is 13.7 Å². The highest BCUT2D eigenvalue weighted by Gasteiger charge is 2.23. The maximum Gasteiger partial charge on any atom is 0.268 e. The van der Waals surface area contributed by atoms with Crippen LogP contribution < -0.4 is 10.2 Å². The van der Waals surface area contributed by atoms with E-state index in [1.165, 1.54) is 148 Å². The summed E-state index contributed by atoms with van der Waals surface area (Å²) in [6.07, 6.45) is 64.6. The van der Waals surface area contributed by atoms with Crippen LogP contribution in [0.3, 0.4) is 0 Å². The van der Waals surface area contributed by atoms with Gasteiger partial charge in [0.25, 0.3) is 7.82 Å². The van der Waals surface area contributed by atoms with Gasteiger partial charge in [0.05, 0.1) is 39.9 Å². The van der Waals surface area contributed by atoms with Crippen LogP contribution >= 0.6 is 7.82 Å². The number of quaternary nitrogens is 1. The largest absolute Gasteiger partial charge is 0.756 e. The summed E-state index contributed by atoms with van der Waals surface area (Å²) in [5.41, 5.74) is 0. The standard InChI is InChI=1S/C57H107N2O6P/c1-6-8-10-12-14-16-18-20-22-23-24-25-26-27-28-29-30-31-32-33-34-35-37-38-40-42-44-46-48-50-56(60)55(54-65-66(62,63)64-53-52-59(3,4)5)58-57(61)51-49-47-45-43-41-39-36-21-19-17-15-13-11-9-7-2/h9,11,15,17,21,36,40,42,48,50,55-56,60H,6-8,10,12-14,16,18-20,22-35,37-39,41,43-47,49,51-54H2,1-5H3,(H-,58,61,62,63)/b11-9-,17-15-,36-21-,42-40+,50-48+. The minimum Gasteiger partial charge on any atom is -0.756 e. The molecule has 3 unspecified atom stereocenters. The lowest BCUT2D eigenvalue weighted by Crippen LogP contribution is -2.45. The van der Waals surface area contributed by atoms with Gasteiger partial charge in [-0.1, -0.05) is 235 Å². The first kappa shape index (κ1) is 64.2. The number of likely N-dealkylation sites (N-methyl/N-ethyl adjacent to an activating group) is 1. The Morgan fingerprint density at radius 2 is 0.939 bits per heavy atom. The second-order valence-corrected chi connectivity index (χ2v) is 21.3. The molecule has 0 aliphatic carbocycles. The van der Waals surface area contributed by atoms with E-state index in [-0.39, 0.29) is 12.5 Å². The Labute approximate surface area is 409 Å². The number of hydrogen-bond acceptors (Lipinski definition) is 6.